The molecule has 5 nitrogen and oxygen atoms in total. The second-order valence-electron chi connectivity index (χ2n) is 7.21. The van der Waals surface area contributed by atoms with E-state index in [2.05, 4.69) is 22.0 Å². The van der Waals surface area contributed by atoms with Crippen molar-refractivity contribution in [2.24, 2.45) is 5.92 Å². The lowest BCUT2D eigenvalue weighted by Gasteiger charge is -2.36. The van der Waals surface area contributed by atoms with E-state index in [4.69, 9.17) is 11.6 Å². The summed E-state index contributed by atoms with van der Waals surface area (Å²) in [6.45, 7) is 9.43. The number of urea groups is 1. The number of halogens is 1. The minimum absolute atomic E-state index is 0.0591. The van der Waals surface area contributed by atoms with Crippen LogP contribution in [0.5, 0.6) is 0 Å². The van der Waals surface area contributed by atoms with Crippen molar-refractivity contribution in [3.05, 3.63) is 29.3 Å². The monoisotopic (exact) mass is 364 g/mol. The predicted molar refractivity (Wildman–Crippen MR) is 103 cm³/mol. The highest BCUT2D eigenvalue weighted by Crippen LogP contribution is 2.26. The Balaban J connectivity index is 1.39. The molecule has 1 aromatic carbocycles. The molecular weight excluding hydrogens is 336 g/mol. The number of rotatable bonds is 4. The molecule has 25 heavy (non-hydrogen) atoms. The van der Waals surface area contributed by atoms with Gasteiger partial charge in [0.15, 0.2) is 0 Å². The first kappa shape index (κ1) is 18.3. The number of para-hydroxylation sites is 1. The van der Waals surface area contributed by atoms with Gasteiger partial charge in [-0.25, -0.2) is 4.79 Å². The highest BCUT2D eigenvalue weighted by Gasteiger charge is 2.22. The van der Waals surface area contributed by atoms with Crippen LogP contribution in [0.15, 0.2) is 24.3 Å². The molecule has 6 heteroatoms. The zero-order chi connectivity index (χ0) is 17.6. The van der Waals surface area contributed by atoms with Gasteiger partial charge in [0.2, 0.25) is 0 Å². The fraction of sp³-hybridized carbons (Fsp3) is 0.632. The molecule has 0 spiro atoms. The Morgan fingerprint density at radius 3 is 2.68 bits per heavy atom. The first-order chi connectivity index (χ1) is 12.1. The molecule has 0 aliphatic carbocycles. The van der Waals surface area contributed by atoms with Gasteiger partial charge in [0.05, 0.1) is 10.7 Å². The van der Waals surface area contributed by atoms with Crippen molar-refractivity contribution in [3.8, 4) is 0 Å². The number of nitrogens with one attached hydrogen (secondary N) is 1. The maximum Gasteiger partial charge on any atom is 0.317 e. The van der Waals surface area contributed by atoms with Crippen LogP contribution in [0.25, 0.3) is 0 Å². The van der Waals surface area contributed by atoms with E-state index in [1.165, 1.54) is 12.8 Å². The van der Waals surface area contributed by atoms with Gasteiger partial charge in [0.25, 0.3) is 0 Å². The Labute approximate surface area is 155 Å². The number of anilines is 1. The predicted octanol–water partition coefficient (Wildman–Crippen LogP) is 2.90. The number of benzene rings is 1. The number of carbonyl (C=O) groups excluding carboxylic acids is 1. The molecule has 1 N–H and O–H groups in total. The number of piperazine rings is 1. The largest absolute Gasteiger partial charge is 0.367 e. The number of nitrogens with zero attached hydrogens (tertiary/aromatic N) is 3. The van der Waals surface area contributed by atoms with E-state index in [0.717, 1.165) is 69.0 Å². The second-order valence-corrected chi connectivity index (χ2v) is 7.61. The van der Waals surface area contributed by atoms with Crippen molar-refractivity contribution in [1.82, 2.24) is 15.1 Å². The van der Waals surface area contributed by atoms with Crippen molar-refractivity contribution in [1.29, 1.82) is 0 Å². The van der Waals surface area contributed by atoms with Crippen molar-refractivity contribution in [2.75, 3.05) is 57.3 Å². The number of hydrogen-bond acceptors (Lipinski definition) is 3. The lowest BCUT2D eigenvalue weighted by molar-refractivity contribution is 0.175. The third-order valence-electron chi connectivity index (χ3n) is 5.21. The molecule has 1 atom stereocenters. The Bertz CT molecular complexity index is 574. The molecule has 0 radical (unpaired) electrons. The Morgan fingerprint density at radius 1 is 1.20 bits per heavy atom. The summed E-state index contributed by atoms with van der Waals surface area (Å²) in [5.41, 5.74) is 1.06. The van der Waals surface area contributed by atoms with Crippen molar-refractivity contribution >= 4 is 23.3 Å². The fourth-order valence-electron chi connectivity index (χ4n) is 3.78. The molecule has 2 aliphatic heterocycles. The Hall–Kier alpha value is -1.46. The summed E-state index contributed by atoms with van der Waals surface area (Å²) in [6, 6.07) is 7.96. The lowest BCUT2D eigenvalue weighted by Crippen LogP contribution is -2.52. The first-order valence-corrected chi connectivity index (χ1v) is 9.76. The molecule has 3 rings (SSSR count). The average Bonchev–Trinajstić information content (AvgIpc) is 2.62. The molecule has 0 aromatic heterocycles. The second kappa shape index (κ2) is 8.77. The SMILES string of the molecule is CC1CCCN(CCNC(=O)N2CCN(c3ccccc3Cl)CC2)C1. The zero-order valence-corrected chi connectivity index (χ0v) is 15.8. The van der Waals surface area contributed by atoms with Gasteiger partial charge in [-0.2, -0.15) is 0 Å². The number of amides is 2. The normalized spacial score (nSPS) is 22.1. The third-order valence-corrected chi connectivity index (χ3v) is 5.53. The van der Waals surface area contributed by atoms with E-state index in [-0.39, 0.29) is 6.03 Å². The minimum atomic E-state index is 0.0591. The quantitative estimate of drug-likeness (QED) is 0.892. The molecule has 1 unspecified atom stereocenters. The summed E-state index contributed by atoms with van der Waals surface area (Å²) in [5.74, 6) is 0.780. The van der Waals surface area contributed by atoms with Crippen LogP contribution in [0.1, 0.15) is 19.8 Å². The summed E-state index contributed by atoms with van der Waals surface area (Å²) >= 11 is 6.27. The molecule has 2 saturated heterocycles. The molecule has 138 valence electrons. The number of hydrogen-bond donors (Lipinski definition) is 1. The highest BCUT2D eigenvalue weighted by atomic mass is 35.5. The molecule has 2 aliphatic rings. The van der Waals surface area contributed by atoms with Crippen LogP contribution in [0.3, 0.4) is 0 Å². The van der Waals surface area contributed by atoms with Crippen LogP contribution in [0.2, 0.25) is 5.02 Å². The Kier molecular flexibility index (Phi) is 6.43. The topological polar surface area (TPSA) is 38.8 Å². The van der Waals surface area contributed by atoms with Gasteiger partial charge in [0, 0.05) is 45.8 Å². The van der Waals surface area contributed by atoms with Gasteiger partial charge in [-0.15, -0.1) is 0 Å². The van der Waals surface area contributed by atoms with E-state index in [1.54, 1.807) is 0 Å². The lowest BCUT2D eigenvalue weighted by atomic mass is 10.0. The summed E-state index contributed by atoms with van der Waals surface area (Å²) in [6.07, 6.45) is 2.61. The van der Waals surface area contributed by atoms with Gasteiger partial charge in [-0.1, -0.05) is 30.7 Å². The van der Waals surface area contributed by atoms with Crippen LogP contribution < -0.4 is 10.2 Å². The maximum atomic E-state index is 12.4. The molecule has 2 heterocycles. The Morgan fingerprint density at radius 2 is 1.96 bits per heavy atom. The fourth-order valence-corrected chi connectivity index (χ4v) is 4.04. The van der Waals surface area contributed by atoms with Crippen molar-refractivity contribution in [3.63, 3.8) is 0 Å². The van der Waals surface area contributed by atoms with Crippen LogP contribution in [0.4, 0.5) is 10.5 Å². The van der Waals surface area contributed by atoms with Gasteiger partial charge in [-0.3, -0.25) is 0 Å². The summed E-state index contributed by atoms with van der Waals surface area (Å²) in [7, 11) is 0. The van der Waals surface area contributed by atoms with E-state index in [1.807, 2.05) is 29.2 Å². The molecule has 2 amide bonds. The van der Waals surface area contributed by atoms with Gasteiger partial charge < -0.3 is 20.0 Å². The molecular formula is C19H29ClN4O. The van der Waals surface area contributed by atoms with Gasteiger partial charge in [-0.05, 0) is 37.4 Å². The summed E-state index contributed by atoms with van der Waals surface area (Å²) in [5, 5.41) is 3.86. The molecule has 0 saturated carbocycles. The van der Waals surface area contributed by atoms with Gasteiger partial charge in [0.1, 0.15) is 0 Å². The van der Waals surface area contributed by atoms with E-state index < -0.39 is 0 Å². The smallest absolute Gasteiger partial charge is 0.317 e. The van der Waals surface area contributed by atoms with Gasteiger partial charge >= 0.3 is 6.03 Å². The maximum absolute atomic E-state index is 12.4. The van der Waals surface area contributed by atoms with Crippen LogP contribution in [0, 0.1) is 5.92 Å². The van der Waals surface area contributed by atoms with Crippen molar-refractivity contribution < 1.29 is 4.79 Å². The average molecular weight is 365 g/mol. The zero-order valence-electron chi connectivity index (χ0n) is 15.1. The summed E-state index contributed by atoms with van der Waals surface area (Å²) < 4.78 is 0. The molecule has 0 bridgehead atoms. The van der Waals surface area contributed by atoms with E-state index in [9.17, 15) is 4.79 Å². The van der Waals surface area contributed by atoms with Crippen molar-refractivity contribution in [2.45, 2.75) is 19.8 Å². The molecule has 2 fully saturated rings. The van der Waals surface area contributed by atoms with E-state index >= 15 is 0 Å². The number of piperidine rings is 1. The highest BCUT2D eigenvalue weighted by molar-refractivity contribution is 6.33. The molecule has 1 aromatic rings. The van der Waals surface area contributed by atoms with Crippen LogP contribution in [-0.4, -0.2) is 68.2 Å². The van der Waals surface area contributed by atoms with Crippen LogP contribution in [-0.2, 0) is 0 Å². The standard InChI is InChI=1S/C19H29ClN4O/c1-16-5-4-9-22(15-16)10-8-21-19(25)24-13-11-23(12-14-24)18-7-3-2-6-17(18)20/h2-3,6-7,16H,4-5,8-15H2,1H3,(H,21,25). The van der Waals surface area contributed by atoms with E-state index in [0.29, 0.717) is 0 Å². The summed E-state index contributed by atoms with van der Waals surface area (Å²) in [4.78, 5) is 19.0. The minimum Gasteiger partial charge on any atom is -0.367 e. The number of likely N-dealkylation sites (tertiary alicyclic amines) is 1. The number of carbonyl (C=O) groups is 1. The first-order valence-electron chi connectivity index (χ1n) is 9.38. The third kappa shape index (κ3) is 5.02. The van der Waals surface area contributed by atoms with Crippen LogP contribution >= 0.6 is 11.6 Å².